The molecule has 2 aromatic rings. The highest BCUT2D eigenvalue weighted by Gasteiger charge is 2.20. The fraction of sp³-hybridized carbons (Fsp3) is 0.538. The molecule has 3 rings (SSSR count). The van der Waals surface area contributed by atoms with Crippen molar-refractivity contribution < 1.29 is 14.6 Å². The van der Waals surface area contributed by atoms with Gasteiger partial charge in [0.05, 0.1) is 16.9 Å². The molecule has 1 saturated heterocycles. The number of nitrogens with one attached hydrogen (secondary N) is 3. The Balaban J connectivity index is 1.93. The van der Waals surface area contributed by atoms with Crippen LogP contribution in [-0.4, -0.2) is 75.5 Å². The summed E-state index contributed by atoms with van der Waals surface area (Å²) in [5.41, 5.74) is 3.49. The van der Waals surface area contributed by atoms with Crippen LogP contribution in [0.5, 0.6) is 5.75 Å². The minimum atomic E-state index is -0.578. The van der Waals surface area contributed by atoms with Gasteiger partial charge in [-0.2, -0.15) is 0 Å². The zero-order valence-electron chi connectivity index (χ0n) is 20.8. The summed E-state index contributed by atoms with van der Waals surface area (Å²) in [6.45, 7) is 7.35. The number of likely N-dealkylation sites (N-methyl/N-ethyl adjacent to an activating group) is 1. The second-order valence-electron chi connectivity index (χ2n) is 9.22. The Bertz CT molecular complexity index is 931. The number of aromatic nitrogens is 1. The molecule has 1 aromatic heterocycles. The number of ether oxygens (including phenoxy) is 2. The second kappa shape index (κ2) is 12.7. The van der Waals surface area contributed by atoms with Crippen molar-refractivity contribution in [3.8, 4) is 17.0 Å². The van der Waals surface area contributed by atoms with Crippen LogP contribution in [-0.2, 0) is 4.74 Å². The number of pyridine rings is 1. The van der Waals surface area contributed by atoms with Crippen LogP contribution < -0.4 is 20.3 Å². The van der Waals surface area contributed by atoms with Gasteiger partial charge in [0.1, 0.15) is 24.3 Å². The van der Waals surface area contributed by atoms with Gasteiger partial charge in [0.2, 0.25) is 0 Å². The van der Waals surface area contributed by atoms with Crippen molar-refractivity contribution >= 4 is 17.7 Å². The van der Waals surface area contributed by atoms with Crippen LogP contribution in [0.25, 0.3) is 11.3 Å². The number of aliphatic hydroxyl groups is 1. The average Bonchev–Trinajstić information content (AvgIpc) is 2.83. The molecule has 1 aliphatic heterocycles. The van der Waals surface area contributed by atoms with E-state index in [0.717, 1.165) is 55.1 Å². The number of anilines is 2. The van der Waals surface area contributed by atoms with E-state index in [1.807, 2.05) is 24.3 Å². The standard InChI is InChI=1S/C26H39N5O3/c1-18(2)29-26-23(14-27)25(31(4)16-19-8-10-33-11-9-19)13-24(30-26)20-6-5-7-22(12-20)34-17-21(32)15-28-3/h5-7,12-14,18-19,21,27-28,32H,8-11,15-17H2,1-4H3,(H,29,30). The van der Waals surface area contributed by atoms with E-state index >= 15 is 0 Å². The molecular formula is C26H39N5O3. The molecule has 0 bridgehead atoms. The maximum Gasteiger partial charge on any atom is 0.137 e. The number of hydrogen-bond donors (Lipinski definition) is 4. The molecule has 1 atom stereocenters. The minimum Gasteiger partial charge on any atom is -0.491 e. The number of nitrogens with zero attached hydrogens (tertiary/aromatic N) is 2. The first-order valence-corrected chi connectivity index (χ1v) is 12.1. The van der Waals surface area contributed by atoms with E-state index in [9.17, 15) is 5.11 Å². The SMILES string of the molecule is CNCC(O)COc1cccc(-c2cc(N(C)CC3CCOCC3)c(C=N)c(NC(C)C)n2)c1. The van der Waals surface area contributed by atoms with E-state index in [2.05, 4.69) is 42.5 Å². The summed E-state index contributed by atoms with van der Waals surface area (Å²) in [5, 5.41) is 24.4. The van der Waals surface area contributed by atoms with Gasteiger partial charge in [0.25, 0.3) is 0 Å². The summed E-state index contributed by atoms with van der Waals surface area (Å²) in [4.78, 5) is 7.12. The molecule has 0 saturated carbocycles. The van der Waals surface area contributed by atoms with Crippen molar-refractivity contribution in [1.29, 1.82) is 5.41 Å². The predicted molar refractivity (Wildman–Crippen MR) is 139 cm³/mol. The lowest BCUT2D eigenvalue weighted by Gasteiger charge is -2.30. The van der Waals surface area contributed by atoms with Crippen LogP contribution in [0.15, 0.2) is 30.3 Å². The molecule has 186 valence electrons. The Morgan fingerprint density at radius 3 is 2.74 bits per heavy atom. The molecule has 1 fully saturated rings. The molecule has 4 N–H and O–H groups in total. The summed E-state index contributed by atoms with van der Waals surface area (Å²) in [5.74, 6) is 1.95. The zero-order valence-corrected chi connectivity index (χ0v) is 20.8. The first-order chi connectivity index (χ1) is 16.4. The quantitative estimate of drug-likeness (QED) is 0.353. The predicted octanol–water partition coefficient (Wildman–Crippen LogP) is 3.39. The monoisotopic (exact) mass is 469 g/mol. The van der Waals surface area contributed by atoms with E-state index in [1.54, 1.807) is 7.05 Å². The third-order valence-electron chi connectivity index (χ3n) is 5.90. The Morgan fingerprint density at radius 2 is 2.06 bits per heavy atom. The Morgan fingerprint density at radius 1 is 1.29 bits per heavy atom. The van der Waals surface area contributed by atoms with Gasteiger partial charge < -0.3 is 35.5 Å². The highest BCUT2D eigenvalue weighted by Crippen LogP contribution is 2.33. The molecular weight excluding hydrogens is 430 g/mol. The Hall–Kier alpha value is -2.68. The summed E-state index contributed by atoms with van der Waals surface area (Å²) >= 11 is 0. The van der Waals surface area contributed by atoms with Crippen molar-refractivity contribution in [3.63, 3.8) is 0 Å². The molecule has 2 heterocycles. The third-order valence-corrected chi connectivity index (χ3v) is 5.90. The molecule has 1 aliphatic rings. The second-order valence-corrected chi connectivity index (χ2v) is 9.22. The third kappa shape index (κ3) is 7.16. The fourth-order valence-electron chi connectivity index (χ4n) is 4.18. The topological polar surface area (TPSA) is 103 Å². The highest BCUT2D eigenvalue weighted by molar-refractivity contribution is 5.94. The van der Waals surface area contributed by atoms with E-state index in [0.29, 0.717) is 24.0 Å². The molecule has 1 aromatic carbocycles. The van der Waals surface area contributed by atoms with Gasteiger partial charge >= 0.3 is 0 Å². The van der Waals surface area contributed by atoms with Crippen LogP contribution in [0.4, 0.5) is 11.5 Å². The highest BCUT2D eigenvalue weighted by atomic mass is 16.5. The smallest absolute Gasteiger partial charge is 0.137 e. The van der Waals surface area contributed by atoms with E-state index in [4.69, 9.17) is 19.9 Å². The molecule has 8 heteroatoms. The van der Waals surface area contributed by atoms with Crippen molar-refractivity contribution in [2.45, 2.75) is 38.8 Å². The minimum absolute atomic E-state index is 0.179. The molecule has 0 radical (unpaired) electrons. The molecule has 0 amide bonds. The van der Waals surface area contributed by atoms with Gasteiger partial charge in [-0.15, -0.1) is 0 Å². The number of hydrogen-bond acceptors (Lipinski definition) is 8. The van der Waals surface area contributed by atoms with Crippen LogP contribution in [0, 0.1) is 11.3 Å². The largest absolute Gasteiger partial charge is 0.491 e. The Kier molecular flexibility index (Phi) is 9.68. The lowest BCUT2D eigenvalue weighted by atomic mass is 9.99. The van der Waals surface area contributed by atoms with Crippen molar-refractivity contribution in [1.82, 2.24) is 10.3 Å². The first kappa shape index (κ1) is 25.9. The number of benzene rings is 1. The van der Waals surface area contributed by atoms with Crippen LogP contribution in [0.3, 0.4) is 0 Å². The van der Waals surface area contributed by atoms with Gasteiger partial charge in [0, 0.05) is 51.2 Å². The molecule has 0 spiro atoms. The number of aliphatic hydroxyl groups excluding tert-OH is 1. The van der Waals surface area contributed by atoms with Crippen LogP contribution in [0.2, 0.25) is 0 Å². The molecule has 0 aliphatic carbocycles. The van der Waals surface area contributed by atoms with E-state index in [1.165, 1.54) is 6.21 Å². The zero-order chi connectivity index (χ0) is 24.5. The maximum absolute atomic E-state index is 9.96. The van der Waals surface area contributed by atoms with Gasteiger partial charge in [-0.1, -0.05) is 12.1 Å². The van der Waals surface area contributed by atoms with Crippen molar-refractivity contribution in [3.05, 3.63) is 35.9 Å². The summed E-state index contributed by atoms with van der Waals surface area (Å²) < 4.78 is 11.3. The van der Waals surface area contributed by atoms with Gasteiger partial charge in [0.15, 0.2) is 0 Å². The van der Waals surface area contributed by atoms with Gasteiger partial charge in [-0.05, 0) is 57.9 Å². The average molecular weight is 470 g/mol. The maximum atomic E-state index is 9.96. The summed E-state index contributed by atoms with van der Waals surface area (Å²) in [6, 6.07) is 10.00. The number of rotatable bonds is 12. The summed E-state index contributed by atoms with van der Waals surface area (Å²) in [6.07, 6.45) is 2.92. The molecule has 34 heavy (non-hydrogen) atoms. The first-order valence-electron chi connectivity index (χ1n) is 12.1. The normalized spacial score (nSPS) is 15.2. The van der Waals surface area contributed by atoms with Crippen LogP contribution in [0.1, 0.15) is 32.3 Å². The van der Waals surface area contributed by atoms with Crippen molar-refractivity contribution in [2.75, 3.05) is 57.2 Å². The summed E-state index contributed by atoms with van der Waals surface area (Å²) in [7, 11) is 3.89. The molecule has 8 nitrogen and oxygen atoms in total. The van der Waals surface area contributed by atoms with E-state index in [-0.39, 0.29) is 12.6 Å². The van der Waals surface area contributed by atoms with E-state index < -0.39 is 6.10 Å². The van der Waals surface area contributed by atoms with Crippen LogP contribution >= 0.6 is 0 Å². The van der Waals surface area contributed by atoms with Gasteiger partial charge in [-0.3, -0.25) is 0 Å². The van der Waals surface area contributed by atoms with Crippen molar-refractivity contribution in [2.24, 2.45) is 5.92 Å². The Labute approximate surface area is 203 Å². The fourth-order valence-corrected chi connectivity index (χ4v) is 4.18. The lowest BCUT2D eigenvalue weighted by Crippen LogP contribution is -2.30. The van der Waals surface area contributed by atoms with Gasteiger partial charge in [-0.25, -0.2) is 4.98 Å². The lowest BCUT2D eigenvalue weighted by molar-refractivity contribution is 0.0685. The molecule has 1 unspecified atom stereocenters.